The number of aryl methyl sites for hydroxylation is 2. The predicted molar refractivity (Wildman–Crippen MR) is 96.0 cm³/mol. The van der Waals surface area contributed by atoms with E-state index in [0.29, 0.717) is 0 Å². The topological polar surface area (TPSA) is 17.8 Å². The van der Waals surface area contributed by atoms with Gasteiger partial charge in [-0.1, -0.05) is 54.1 Å². The number of hydrogen-bond acceptors (Lipinski definition) is 1. The van der Waals surface area contributed by atoms with E-state index in [1.807, 2.05) is 12.1 Å². The van der Waals surface area contributed by atoms with Crippen molar-refractivity contribution in [2.24, 2.45) is 0 Å². The minimum absolute atomic E-state index is 0.995. The Morgan fingerprint density at radius 1 is 0.783 bits per heavy atom. The molecular weight excluding hydrogens is 280 g/mol. The summed E-state index contributed by atoms with van der Waals surface area (Å²) in [6.45, 7) is 4.27. The van der Waals surface area contributed by atoms with Crippen molar-refractivity contribution in [1.29, 1.82) is 0 Å². The van der Waals surface area contributed by atoms with Gasteiger partial charge in [-0.2, -0.15) is 0 Å². The number of imidazole rings is 1. The van der Waals surface area contributed by atoms with Crippen LogP contribution in [-0.4, -0.2) is 9.55 Å². The van der Waals surface area contributed by atoms with Gasteiger partial charge in [-0.05, 0) is 43.7 Å². The number of aromatic nitrogens is 2. The third-order valence-corrected chi connectivity index (χ3v) is 4.20. The highest BCUT2D eigenvalue weighted by atomic mass is 15.1. The Balaban J connectivity index is 2.07. The van der Waals surface area contributed by atoms with Crippen LogP contribution in [0.5, 0.6) is 0 Å². The highest BCUT2D eigenvalue weighted by Gasteiger charge is 2.15. The molecule has 2 nitrogen and oxygen atoms in total. The molecule has 0 aliphatic heterocycles. The van der Waals surface area contributed by atoms with Gasteiger partial charge in [0.2, 0.25) is 0 Å². The molecular formula is C21H18N2. The first-order valence-electron chi connectivity index (χ1n) is 7.84. The zero-order valence-electron chi connectivity index (χ0n) is 13.3. The van der Waals surface area contributed by atoms with E-state index in [0.717, 1.165) is 22.5 Å². The van der Waals surface area contributed by atoms with Gasteiger partial charge in [0, 0.05) is 11.3 Å². The van der Waals surface area contributed by atoms with Crippen molar-refractivity contribution in [2.45, 2.75) is 13.8 Å². The summed E-state index contributed by atoms with van der Waals surface area (Å²) in [4.78, 5) is 4.91. The van der Waals surface area contributed by atoms with Crippen LogP contribution in [0.4, 0.5) is 0 Å². The van der Waals surface area contributed by atoms with E-state index in [2.05, 4.69) is 79.1 Å². The van der Waals surface area contributed by atoms with Gasteiger partial charge < -0.3 is 0 Å². The van der Waals surface area contributed by atoms with E-state index in [1.54, 1.807) is 0 Å². The summed E-state index contributed by atoms with van der Waals surface area (Å²) in [7, 11) is 0. The summed E-state index contributed by atoms with van der Waals surface area (Å²) in [5.41, 5.74) is 6.98. The van der Waals surface area contributed by atoms with Gasteiger partial charge in [0.15, 0.2) is 0 Å². The van der Waals surface area contributed by atoms with Gasteiger partial charge >= 0.3 is 0 Å². The average molecular weight is 298 g/mol. The number of para-hydroxylation sites is 3. The van der Waals surface area contributed by atoms with Gasteiger partial charge in [0.1, 0.15) is 5.82 Å². The molecule has 0 N–H and O–H groups in total. The molecule has 0 amide bonds. The molecule has 0 aliphatic carbocycles. The molecule has 3 aromatic carbocycles. The first kappa shape index (κ1) is 13.8. The van der Waals surface area contributed by atoms with Crippen molar-refractivity contribution < 1.29 is 0 Å². The molecule has 1 heterocycles. The third kappa shape index (κ3) is 2.33. The number of rotatable bonds is 2. The van der Waals surface area contributed by atoms with Crippen molar-refractivity contribution >= 4 is 11.0 Å². The molecule has 4 aromatic rings. The monoisotopic (exact) mass is 298 g/mol. The Morgan fingerprint density at radius 2 is 1.52 bits per heavy atom. The quantitative estimate of drug-likeness (QED) is 0.490. The van der Waals surface area contributed by atoms with Crippen molar-refractivity contribution in [3.63, 3.8) is 0 Å². The molecule has 0 radical (unpaired) electrons. The van der Waals surface area contributed by atoms with Crippen LogP contribution < -0.4 is 0 Å². The Morgan fingerprint density at radius 3 is 2.30 bits per heavy atom. The molecule has 0 bridgehead atoms. The van der Waals surface area contributed by atoms with E-state index in [1.165, 1.54) is 16.7 Å². The maximum Gasteiger partial charge on any atom is 0.145 e. The Kier molecular flexibility index (Phi) is 3.23. The third-order valence-electron chi connectivity index (χ3n) is 4.20. The number of benzene rings is 3. The van der Waals surface area contributed by atoms with E-state index in [-0.39, 0.29) is 0 Å². The SMILES string of the molecule is Cc1ccc(-c2nc3ccccc3n2-c2ccccc2)c(C)c1. The molecule has 0 saturated carbocycles. The van der Waals surface area contributed by atoms with E-state index < -0.39 is 0 Å². The molecule has 112 valence electrons. The Labute approximate surface area is 136 Å². The fourth-order valence-corrected chi connectivity index (χ4v) is 3.11. The summed E-state index contributed by atoms with van der Waals surface area (Å²) in [5.74, 6) is 0.995. The van der Waals surface area contributed by atoms with E-state index >= 15 is 0 Å². The fourth-order valence-electron chi connectivity index (χ4n) is 3.11. The van der Waals surface area contributed by atoms with E-state index in [9.17, 15) is 0 Å². The molecule has 1 aromatic heterocycles. The molecule has 4 rings (SSSR count). The summed E-state index contributed by atoms with van der Waals surface area (Å²) in [5, 5.41) is 0. The second-order valence-corrected chi connectivity index (χ2v) is 5.91. The van der Waals surface area contributed by atoms with Crippen LogP contribution in [0.1, 0.15) is 11.1 Å². The van der Waals surface area contributed by atoms with Gasteiger partial charge in [-0.15, -0.1) is 0 Å². The molecule has 0 aliphatic rings. The maximum absolute atomic E-state index is 4.91. The zero-order chi connectivity index (χ0) is 15.8. The number of nitrogens with zero attached hydrogens (tertiary/aromatic N) is 2. The Hall–Kier alpha value is -2.87. The molecule has 2 heteroatoms. The van der Waals surface area contributed by atoms with Gasteiger partial charge in [0.25, 0.3) is 0 Å². The van der Waals surface area contributed by atoms with Crippen molar-refractivity contribution in [3.8, 4) is 17.1 Å². The number of hydrogen-bond donors (Lipinski definition) is 0. The molecule has 0 atom stereocenters. The molecule has 0 spiro atoms. The summed E-state index contributed by atoms with van der Waals surface area (Å²) < 4.78 is 2.24. The van der Waals surface area contributed by atoms with Crippen LogP contribution in [0.3, 0.4) is 0 Å². The van der Waals surface area contributed by atoms with Gasteiger partial charge in [-0.3, -0.25) is 4.57 Å². The molecule has 0 unspecified atom stereocenters. The van der Waals surface area contributed by atoms with Crippen LogP contribution in [0.25, 0.3) is 28.1 Å². The predicted octanol–water partition coefficient (Wildman–Crippen LogP) is 5.31. The van der Waals surface area contributed by atoms with Crippen LogP contribution in [0.15, 0.2) is 72.8 Å². The van der Waals surface area contributed by atoms with Gasteiger partial charge in [0.05, 0.1) is 11.0 Å². The lowest BCUT2D eigenvalue weighted by atomic mass is 10.1. The van der Waals surface area contributed by atoms with Crippen molar-refractivity contribution in [1.82, 2.24) is 9.55 Å². The minimum atomic E-state index is 0.995. The Bertz CT molecular complexity index is 981. The lowest BCUT2D eigenvalue weighted by Crippen LogP contribution is -1.98. The lowest BCUT2D eigenvalue weighted by molar-refractivity contribution is 1.10. The number of fused-ring (bicyclic) bond motifs is 1. The first-order valence-corrected chi connectivity index (χ1v) is 7.84. The molecule has 0 saturated heterocycles. The average Bonchev–Trinajstić information content (AvgIpc) is 2.94. The second-order valence-electron chi connectivity index (χ2n) is 5.91. The normalized spacial score (nSPS) is 11.0. The maximum atomic E-state index is 4.91. The highest BCUT2D eigenvalue weighted by molar-refractivity contribution is 5.83. The van der Waals surface area contributed by atoms with Crippen LogP contribution >= 0.6 is 0 Å². The van der Waals surface area contributed by atoms with Crippen LogP contribution in [0.2, 0.25) is 0 Å². The standard InChI is InChI=1S/C21H18N2/c1-15-12-13-18(16(2)14-15)21-22-19-10-6-7-11-20(19)23(21)17-8-4-3-5-9-17/h3-14H,1-2H3. The van der Waals surface area contributed by atoms with Gasteiger partial charge in [-0.25, -0.2) is 4.98 Å². The lowest BCUT2D eigenvalue weighted by Gasteiger charge is -2.11. The van der Waals surface area contributed by atoms with Crippen molar-refractivity contribution in [3.05, 3.63) is 83.9 Å². The molecule has 23 heavy (non-hydrogen) atoms. The fraction of sp³-hybridized carbons (Fsp3) is 0.0952. The highest BCUT2D eigenvalue weighted by Crippen LogP contribution is 2.30. The van der Waals surface area contributed by atoms with Crippen LogP contribution in [0, 0.1) is 13.8 Å². The smallest absolute Gasteiger partial charge is 0.145 e. The molecule has 0 fully saturated rings. The minimum Gasteiger partial charge on any atom is -0.292 e. The summed E-state index contributed by atoms with van der Waals surface area (Å²) in [6.07, 6.45) is 0. The zero-order valence-corrected chi connectivity index (χ0v) is 13.3. The van der Waals surface area contributed by atoms with E-state index in [4.69, 9.17) is 4.98 Å². The first-order chi connectivity index (χ1) is 11.2. The van der Waals surface area contributed by atoms with Crippen LogP contribution in [-0.2, 0) is 0 Å². The summed E-state index contributed by atoms with van der Waals surface area (Å²) >= 11 is 0. The summed E-state index contributed by atoms with van der Waals surface area (Å²) in [6, 6.07) is 25.3. The second kappa shape index (κ2) is 5.40. The largest absolute Gasteiger partial charge is 0.292 e. The van der Waals surface area contributed by atoms with Crippen molar-refractivity contribution in [2.75, 3.05) is 0 Å².